The van der Waals surface area contributed by atoms with Gasteiger partial charge in [0.15, 0.2) is 0 Å². The van der Waals surface area contributed by atoms with Gasteiger partial charge in [0.05, 0.1) is 17.3 Å². The zero-order valence-electron chi connectivity index (χ0n) is 11.3. The molecule has 1 aliphatic heterocycles. The molecule has 1 aromatic carbocycles. The van der Waals surface area contributed by atoms with E-state index in [4.69, 9.17) is 0 Å². The highest BCUT2D eigenvalue weighted by Gasteiger charge is 2.34. The molecule has 1 unspecified atom stereocenters. The van der Waals surface area contributed by atoms with Crippen molar-refractivity contribution in [2.24, 2.45) is 5.92 Å². The summed E-state index contributed by atoms with van der Waals surface area (Å²) in [7, 11) is -4.69. The smallest absolute Gasteiger partial charge is 0.302 e. The average Bonchev–Trinajstić information content (AvgIpc) is 2.76. The third-order valence-electron chi connectivity index (χ3n) is 3.37. The van der Waals surface area contributed by atoms with Crippen LogP contribution >= 0.6 is 0 Å². The SMILES string of the molecule is O=C1CC(CS(=O)(=O)F)CN1c1ccc([N+](=O)[O-])cc1CO. The summed E-state index contributed by atoms with van der Waals surface area (Å²) < 4.78 is 34.0. The lowest BCUT2D eigenvalue weighted by Crippen LogP contribution is -2.26. The minimum absolute atomic E-state index is 0.0210. The zero-order chi connectivity index (χ0) is 16.5. The molecular formula is C12H13FN2O6S. The van der Waals surface area contributed by atoms with Crippen LogP contribution in [0.15, 0.2) is 18.2 Å². The number of non-ortho nitro benzene ring substituents is 1. The van der Waals surface area contributed by atoms with E-state index >= 15 is 0 Å². The van der Waals surface area contributed by atoms with E-state index in [1.54, 1.807) is 0 Å². The van der Waals surface area contributed by atoms with Gasteiger partial charge in [-0.1, -0.05) is 0 Å². The first kappa shape index (κ1) is 16.3. The van der Waals surface area contributed by atoms with Gasteiger partial charge in [-0.05, 0) is 6.07 Å². The second-order valence-electron chi connectivity index (χ2n) is 5.01. The van der Waals surface area contributed by atoms with E-state index in [-0.39, 0.29) is 29.9 Å². The summed E-state index contributed by atoms with van der Waals surface area (Å²) in [5, 5.41) is 20.0. The Balaban J connectivity index is 2.28. The van der Waals surface area contributed by atoms with Crippen molar-refractivity contribution >= 4 is 27.5 Å². The van der Waals surface area contributed by atoms with E-state index in [0.717, 1.165) is 6.07 Å². The number of aliphatic hydroxyl groups is 1. The average molecular weight is 332 g/mol. The van der Waals surface area contributed by atoms with E-state index in [1.807, 2.05) is 0 Å². The Morgan fingerprint density at radius 1 is 1.45 bits per heavy atom. The fourth-order valence-electron chi connectivity index (χ4n) is 2.48. The molecule has 1 fully saturated rings. The number of hydrogen-bond acceptors (Lipinski definition) is 6. The number of rotatable bonds is 5. The van der Waals surface area contributed by atoms with Crippen molar-refractivity contribution in [3.63, 3.8) is 0 Å². The molecule has 0 aliphatic carbocycles. The first-order valence-electron chi connectivity index (χ1n) is 6.32. The fraction of sp³-hybridized carbons (Fsp3) is 0.417. The van der Waals surface area contributed by atoms with Gasteiger partial charge in [-0.15, -0.1) is 3.89 Å². The molecule has 1 heterocycles. The summed E-state index contributed by atoms with van der Waals surface area (Å²) in [6.45, 7) is -0.542. The summed E-state index contributed by atoms with van der Waals surface area (Å²) in [6.07, 6.45) is -0.134. The van der Waals surface area contributed by atoms with Crippen LogP contribution in [0, 0.1) is 16.0 Å². The van der Waals surface area contributed by atoms with Gasteiger partial charge >= 0.3 is 10.2 Å². The van der Waals surface area contributed by atoms with Gasteiger partial charge in [0.2, 0.25) is 5.91 Å². The monoisotopic (exact) mass is 332 g/mol. The molecule has 1 atom stereocenters. The molecule has 1 N–H and O–H groups in total. The molecule has 0 radical (unpaired) electrons. The quantitative estimate of drug-likeness (QED) is 0.483. The van der Waals surface area contributed by atoms with E-state index in [0.29, 0.717) is 0 Å². The van der Waals surface area contributed by atoms with E-state index < -0.39 is 39.3 Å². The predicted octanol–water partition coefficient (Wildman–Crippen LogP) is 0.739. The molecule has 0 aromatic heterocycles. The molecule has 0 spiro atoms. The third kappa shape index (κ3) is 3.57. The Labute approximate surface area is 125 Å². The van der Waals surface area contributed by atoms with Crippen LogP contribution in [-0.4, -0.2) is 36.7 Å². The number of carbonyl (C=O) groups is 1. The summed E-state index contributed by atoms with van der Waals surface area (Å²) in [5.74, 6) is -1.86. The van der Waals surface area contributed by atoms with Gasteiger partial charge in [0, 0.05) is 42.3 Å². The number of benzene rings is 1. The first-order chi connectivity index (χ1) is 10.2. The lowest BCUT2D eigenvalue weighted by atomic mass is 10.1. The first-order valence-corrected chi connectivity index (χ1v) is 7.87. The number of halogens is 1. The van der Waals surface area contributed by atoms with Crippen LogP contribution in [0.3, 0.4) is 0 Å². The van der Waals surface area contributed by atoms with Crippen LogP contribution in [0.5, 0.6) is 0 Å². The van der Waals surface area contributed by atoms with Gasteiger partial charge in [-0.2, -0.15) is 8.42 Å². The molecule has 120 valence electrons. The molecule has 1 aliphatic rings. The minimum Gasteiger partial charge on any atom is -0.392 e. The highest BCUT2D eigenvalue weighted by molar-refractivity contribution is 7.86. The summed E-state index contributed by atoms with van der Waals surface area (Å²) in [6, 6.07) is 3.64. The maximum Gasteiger partial charge on any atom is 0.302 e. The normalized spacial score (nSPS) is 18.7. The molecule has 1 amide bonds. The van der Waals surface area contributed by atoms with Gasteiger partial charge < -0.3 is 10.0 Å². The van der Waals surface area contributed by atoms with Crippen LogP contribution in [-0.2, 0) is 21.6 Å². The number of anilines is 1. The number of amides is 1. The Kier molecular flexibility index (Phi) is 4.42. The Morgan fingerprint density at radius 2 is 2.14 bits per heavy atom. The summed E-state index contributed by atoms with van der Waals surface area (Å²) in [4.78, 5) is 23.2. The molecule has 0 saturated carbocycles. The van der Waals surface area contributed by atoms with Crippen molar-refractivity contribution in [1.82, 2.24) is 0 Å². The maximum absolute atomic E-state index is 12.7. The Bertz CT molecular complexity index is 720. The van der Waals surface area contributed by atoms with Crippen molar-refractivity contribution in [2.45, 2.75) is 13.0 Å². The number of nitro benzene ring substituents is 1. The fourth-order valence-corrected chi connectivity index (χ4v) is 3.27. The van der Waals surface area contributed by atoms with E-state index in [2.05, 4.69) is 0 Å². The number of nitro groups is 1. The van der Waals surface area contributed by atoms with Crippen LogP contribution in [0.1, 0.15) is 12.0 Å². The minimum atomic E-state index is -4.69. The zero-order valence-corrected chi connectivity index (χ0v) is 12.1. The van der Waals surface area contributed by atoms with Crippen molar-refractivity contribution in [3.05, 3.63) is 33.9 Å². The van der Waals surface area contributed by atoms with Gasteiger partial charge in [-0.3, -0.25) is 14.9 Å². The standard InChI is InChI=1S/C12H13FN2O6S/c13-22(20,21)7-8-3-12(17)14(5-8)11-2-1-10(15(18)19)4-9(11)6-16/h1-2,4,8,16H,3,5-7H2. The highest BCUT2D eigenvalue weighted by atomic mass is 32.3. The lowest BCUT2D eigenvalue weighted by Gasteiger charge is -2.19. The van der Waals surface area contributed by atoms with Crippen molar-refractivity contribution in [2.75, 3.05) is 17.2 Å². The van der Waals surface area contributed by atoms with Crippen LogP contribution < -0.4 is 4.90 Å². The van der Waals surface area contributed by atoms with E-state index in [1.165, 1.54) is 17.0 Å². The molecule has 22 heavy (non-hydrogen) atoms. The highest BCUT2D eigenvalue weighted by Crippen LogP contribution is 2.31. The molecule has 2 rings (SSSR count). The van der Waals surface area contributed by atoms with E-state index in [9.17, 15) is 32.3 Å². The van der Waals surface area contributed by atoms with Crippen LogP contribution in [0.25, 0.3) is 0 Å². The summed E-state index contributed by atoms with van der Waals surface area (Å²) in [5.41, 5.74) is 0.200. The molecule has 8 nitrogen and oxygen atoms in total. The Morgan fingerprint density at radius 3 is 2.68 bits per heavy atom. The van der Waals surface area contributed by atoms with Crippen molar-refractivity contribution in [3.8, 4) is 0 Å². The molecule has 1 aromatic rings. The van der Waals surface area contributed by atoms with Gasteiger partial charge in [0.1, 0.15) is 0 Å². The number of carbonyl (C=O) groups excluding carboxylic acids is 1. The van der Waals surface area contributed by atoms with Crippen molar-refractivity contribution in [1.29, 1.82) is 0 Å². The number of hydrogen-bond donors (Lipinski definition) is 1. The van der Waals surface area contributed by atoms with Crippen LogP contribution in [0.4, 0.5) is 15.3 Å². The number of aliphatic hydroxyl groups excluding tert-OH is 1. The lowest BCUT2D eigenvalue weighted by molar-refractivity contribution is -0.384. The van der Waals surface area contributed by atoms with Crippen molar-refractivity contribution < 1.29 is 27.1 Å². The van der Waals surface area contributed by atoms with Crippen LogP contribution in [0.2, 0.25) is 0 Å². The molecule has 10 heteroatoms. The molecule has 0 bridgehead atoms. The van der Waals surface area contributed by atoms with Gasteiger partial charge in [-0.25, -0.2) is 0 Å². The molecular weight excluding hydrogens is 319 g/mol. The number of nitrogens with zero attached hydrogens (tertiary/aromatic N) is 2. The van der Waals surface area contributed by atoms with Gasteiger partial charge in [0.25, 0.3) is 5.69 Å². The third-order valence-corrected chi connectivity index (χ3v) is 4.24. The topological polar surface area (TPSA) is 118 Å². The molecule has 1 saturated heterocycles. The second kappa shape index (κ2) is 5.97. The maximum atomic E-state index is 12.7. The predicted molar refractivity (Wildman–Crippen MR) is 74.4 cm³/mol. The summed E-state index contributed by atoms with van der Waals surface area (Å²) >= 11 is 0. The second-order valence-corrected chi connectivity index (χ2v) is 6.42. The Hall–Kier alpha value is -2.07. The largest absolute Gasteiger partial charge is 0.392 e.